The molecule has 2 aromatic carbocycles. The zero-order chi connectivity index (χ0) is 14.2. The maximum atomic E-state index is 11.2. The van der Waals surface area contributed by atoms with Crippen molar-refractivity contribution < 1.29 is 14.3 Å². The van der Waals surface area contributed by atoms with E-state index in [1.54, 1.807) is 6.92 Å². The summed E-state index contributed by atoms with van der Waals surface area (Å²) < 4.78 is 10.4. The summed E-state index contributed by atoms with van der Waals surface area (Å²) in [6.07, 6.45) is 0.272. The summed E-state index contributed by atoms with van der Waals surface area (Å²) in [6, 6.07) is 18.0. The van der Waals surface area contributed by atoms with Gasteiger partial charge < -0.3 is 9.47 Å². The molecule has 0 unspecified atom stereocenters. The van der Waals surface area contributed by atoms with Crippen LogP contribution < -0.4 is 4.74 Å². The van der Waals surface area contributed by atoms with Crippen LogP contribution >= 0.6 is 0 Å². The molecule has 0 atom stereocenters. The van der Waals surface area contributed by atoms with Gasteiger partial charge in [0.05, 0.1) is 19.6 Å². The van der Waals surface area contributed by atoms with Gasteiger partial charge in [-0.15, -0.1) is 0 Å². The average molecular weight is 270 g/mol. The van der Waals surface area contributed by atoms with Gasteiger partial charge in [0, 0.05) is 0 Å². The monoisotopic (exact) mass is 270 g/mol. The molecule has 0 saturated heterocycles. The molecular weight excluding hydrogens is 252 g/mol. The van der Waals surface area contributed by atoms with Gasteiger partial charge in [0.25, 0.3) is 0 Å². The normalized spacial score (nSPS) is 10.1. The second-order valence-corrected chi connectivity index (χ2v) is 4.29. The molecule has 0 heterocycles. The first-order chi connectivity index (χ1) is 9.79. The third-order valence-electron chi connectivity index (χ3n) is 2.84. The molecule has 0 spiro atoms. The maximum Gasteiger partial charge on any atom is 0.309 e. The molecule has 0 fully saturated rings. The lowest BCUT2D eigenvalue weighted by atomic mass is 10.1. The number of carbonyl (C=O) groups is 1. The molecule has 0 bridgehead atoms. The van der Waals surface area contributed by atoms with E-state index in [0.29, 0.717) is 13.2 Å². The van der Waals surface area contributed by atoms with E-state index in [1.165, 1.54) is 5.56 Å². The van der Waals surface area contributed by atoms with Crippen LogP contribution in [0.25, 0.3) is 11.1 Å². The highest BCUT2D eigenvalue weighted by molar-refractivity contribution is 5.69. The van der Waals surface area contributed by atoms with Crippen molar-refractivity contribution in [3.8, 4) is 16.9 Å². The molecule has 0 aliphatic rings. The van der Waals surface area contributed by atoms with Gasteiger partial charge in [0.1, 0.15) is 5.75 Å². The molecular formula is C17H18O3. The van der Waals surface area contributed by atoms with Crippen LogP contribution in [-0.4, -0.2) is 19.2 Å². The molecule has 0 aromatic heterocycles. The first-order valence-corrected chi connectivity index (χ1v) is 6.73. The van der Waals surface area contributed by atoms with Crippen LogP contribution in [0.1, 0.15) is 13.3 Å². The number of hydrogen-bond donors (Lipinski definition) is 0. The third-order valence-corrected chi connectivity index (χ3v) is 2.84. The second kappa shape index (κ2) is 7.34. The molecule has 0 amide bonds. The Bertz CT molecular complexity index is 532. The van der Waals surface area contributed by atoms with E-state index in [0.717, 1.165) is 11.3 Å². The van der Waals surface area contributed by atoms with Gasteiger partial charge in [-0.3, -0.25) is 4.79 Å². The van der Waals surface area contributed by atoms with E-state index in [4.69, 9.17) is 9.47 Å². The molecule has 0 aliphatic heterocycles. The second-order valence-electron chi connectivity index (χ2n) is 4.29. The lowest BCUT2D eigenvalue weighted by Crippen LogP contribution is -2.09. The minimum Gasteiger partial charge on any atom is -0.493 e. The fraction of sp³-hybridized carbons (Fsp3) is 0.235. The summed E-state index contributed by atoms with van der Waals surface area (Å²) >= 11 is 0. The third kappa shape index (κ3) is 4.12. The summed E-state index contributed by atoms with van der Waals surface area (Å²) in [5, 5.41) is 0. The maximum absolute atomic E-state index is 11.2. The Labute approximate surface area is 119 Å². The van der Waals surface area contributed by atoms with Crippen LogP contribution in [0.5, 0.6) is 5.75 Å². The Balaban J connectivity index is 1.88. The van der Waals surface area contributed by atoms with E-state index in [2.05, 4.69) is 12.1 Å². The molecule has 104 valence electrons. The Morgan fingerprint density at radius 2 is 1.60 bits per heavy atom. The Hall–Kier alpha value is -2.29. The van der Waals surface area contributed by atoms with Gasteiger partial charge in [-0.05, 0) is 30.2 Å². The molecule has 0 aliphatic carbocycles. The van der Waals surface area contributed by atoms with Gasteiger partial charge in [0.15, 0.2) is 0 Å². The van der Waals surface area contributed by atoms with E-state index in [1.807, 2.05) is 42.5 Å². The average Bonchev–Trinajstić information content (AvgIpc) is 2.49. The van der Waals surface area contributed by atoms with Crippen molar-refractivity contribution in [2.24, 2.45) is 0 Å². The number of hydrogen-bond acceptors (Lipinski definition) is 3. The summed E-state index contributed by atoms with van der Waals surface area (Å²) in [5.41, 5.74) is 2.31. The molecule has 3 heteroatoms. The van der Waals surface area contributed by atoms with Crippen LogP contribution in [0.15, 0.2) is 54.6 Å². The predicted molar refractivity (Wildman–Crippen MR) is 78.6 cm³/mol. The van der Waals surface area contributed by atoms with E-state index >= 15 is 0 Å². The largest absolute Gasteiger partial charge is 0.493 e. The minimum absolute atomic E-state index is 0.228. The van der Waals surface area contributed by atoms with E-state index < -0.39 is 0 Å². The Morgan fingerprint density at radius 3 is 2.25 bits per heavy atom. The Morgan fingerprint density at radius 1 is 0.950 bits per heavy atom. The summed E-state index contributed by atoms with van der Waals surface area (Å²) in [5.74, 6) is 0.530. The lowest BCUT2D eigenvalue weighted by Gasteiger charge is -2.07. The molecule has 20 heavy (non-hydrogen) atoms. The summed E-state index contributed by atoms with van der Waals surface area (Å²) in [4.78, 5) is 11.2. The van der Waals surface area contributed by atoms with Crippen molar-refractivity contribution in [2.75, 3.05) is 13.2 Å². The van der Waals surface area contributed by atoms with Gasteiger partial charge in [-0.25, -0.2) is 0 Å². The lowest BCUT2D eigenvalue weighted by molar-refractivity contribution is -0.143. The predicted octanol–water partition coefficient (Wildman–Crippen LogP) is 3.69. The van der Waals surface area contributed by atoms with Gasteiger partial charge in [-0.1, -0.05) is 42.5 Å². The summed E-state index contributed by atoms with van der Waals surface area (Å²) in [6.45, 7) is 2.54. The molecule has 0 saturated carbocycles. The van der Waals surface area contributed by atoms with Gasteiger partial charge in [0.2, 0.25) is 0 Å². The van der Waals surface area contributed by atoms with Gasteiger partial charge in [-0.2, -0.15) is 0 Å². The minimum atomic E-state index is -0.228. The van der Waals surface area contributed by atoms with Gasteiger partial charge >= 0.3 is 5.97 Å². The van der Waals surface area contributed by atoms with Crippen LogP contribution in [0.4, 0.5) is 0 Å². The SMILES string of the molecule is CCOC(=O)CCOc1ccc(-c2ccccc2)cc1. The van der Waals surface area contributed by atoms with Crippen molar-refractivity contribution >= 4 is 5.97 Å². The number of benzene rings is 2. The molecule has 2 aromatic rings. The van der Waals surface area contributed by atoms with Crippen molar-refractivity contribution in [1.29, 1.82) is 0 Å². The number of esters is 1. The van der Waals surface area contributed by atoms with Crippen LogP contribution in [0.2, 0.25) is 0 Å². The first-order valence-electron chi connectivity index (χ1n) is 6.73. The molecule has 2 rings (SSSR count). The van der Waals surface area contributed by atoms with Crippen LogP contribution in [-0.2, 0) is 9.53 Å². The van der Waals surface area contributed by atoms with E-state index in [-0.39, 0.29) is 12.4 Å². The highest BCUT2D eigenvalue weighted by atomic mass is 16.5. The van der Waals surface area contributed by atoms with Crippen LogP contribution in [0.3, 0.4) is 0 Å². The number of ether oxygens (including phenoxy) is 2. The quantitative estimate of drug-likeness (QED) is 0.751. The van der Waals surface area contributed by atoms with Crippen molar-refractivity contribution in [2.45, 2.75) is 13.3 Å². The zero-order valence-electron chi connectivity index (χ0n) is 11.5. The Kier molecular flexibility index (Phi) is 5.18. The smallest absolute Gasteiger partial charge is 0.309 e. The zero-order valence-corrected chi connectivity index (χ0v) is 11.5. The van der Waals surface area contributed by atoms with Crippen molar-refractivity contribution in [3.05, 3.63) is 54.6 Å². The highest BCUT2D eigenvalue weighted by Gasteiger charge is 2.02. The fourth-order valence-electron chi connectivity index (χ4n) is 1.86. The molecule has 0 radical (unpaired) electrons. The highest BCUT2D eigenvalue weighted by Crippen LogP contribution is 2.22. The topological polar surface area (TPSA) is 35.5 Å². The van der Waals surface area contributed by atoms with E-state index in [9.17, 15) is 4.79 Å². The first kappa shape index (κ1) is 14.1. The molecule has 3 nitrogen and oxygen atoms in total. The van der Waals surface area contributed by atoms with Crippen molar-refractivity contribution in [1.82, 2.24) is 0 Å². The van der Waals surface area contributed by atoms with Crippen LogP contribution in [0, 0.1) is 0 Å². The summed E-state index contributed by atoms with van der Waals surface area (Å²) in [7, 11) is 0. The fourth-order valence-corrected chi connectivity index (χ4v) is 1.86. The standard InChI is InChI=1S/C17H18O3/c1-2-19-17(18)12-13-20-16-10-8-15(9-11-16)14-6-4-3-5-7-14/h3-11H,2,12-13H2,1H3. The number of rotatable bonds is 6. The number of carbonyl (C=O) groups excluding carboxylic acids is 1. The molecule has 0 N–H and O–H groups in total. The van der Waals surface area contributed by atoms with Crippen molar-refractivity contribution in [3.63, 3.8) is 0 Å².